The first kappa shape index (κ1) is 11.2. The first-order chi connectivity index (χ1) is 7.52. The summed E-state index contributed by atoms with van der Waals surface area (Å²) in [6.45, 7) is 0. The summed E-state index contributed by atoms with van der Waals surface area (Å²) in [5.41, 5.74) is 0.189. The molecule has 0 spiro atoms. The smallest absolute Gasteiger partial charge is 0.303 e. The third-order valence-electron chi connectivity index (χ3n) is 3.17. The molecule has 1 aromatic carbocycles. The fourth-order valence-corrected chi connectivity index (χ4v) is 2.02. The van der Waals surface area contributed by atoms with E-state index >= 15 is 0 Å². The van der Waals surface area contributed by atoms with Crippen LogP contribution in [0.15, 0.2) is 24.3 Å². The van der Waals surface area contributed by atoms with Crippen LogP contribution in [0.25, 0.3) is 0 Å². The number of aldehydes is 1. The number of alkyl halides is 3. The summed E-state index contributed by atoms with van der Waals surface area (Å²) in [6, 6.07) is 5.11. The lowest BCUT2D eigenvalue weighted by Gasteiger charge is -2.33. The van der Waals surface area contributed by atoms with E-state index < -0.39 is 11.7 Å². The van der Waals surface area contributed by atoms with Crippen LogP contribution in [-0.4, -0.2) is 6.29 Å². The molecular weight excluding hydrogens is 217 g/mol. The average Bonchev–Trinajstić information content (AvgIpc) is 2.16. The molecule has 1 nitrogen and oxygen atoms in total. The lowest BCUT2D eigenvalue weighted by atomic mass is 9.71. The molecule has 0 aliphatic heterocycles. The van der Waals surface area contributed by atoms with Gasteiger partial charge in [-0.05, 0) is 36.5 Å². The van der Waals surface area contributed by atoms with Gasteiger partial charge in [-0.25, -0.2) is 0 Å². The van der Waals surface area contributed by atoms with Crippen molar-refractivity contribution in [1.82, 2.24) is 0 Å². The van der Waals surface area contributed by atoms with E-state index in [1.54, 1.807) is 0 Å². The summed E-state index contributed by atoms with van der Waals surface area (Å²) in [7, 11) is 0. The molecule has 2 rings (SSSR count). The van der Waals surface area contributed by atoms with Crippen molar-refractivity contribution in [3.05, 3.63) is 35.4 Å². The Morgan fingerprint density at radius 2 is 1.75 bits per heavy atom. The van der Waals surface area contributed by atoms with E-state index in [9.17, 15) is 18.0 Å². The molecule has 0 aromatic heterocycles. The second kappa shape index (κ2) is 3.92. The first-order valence-corrected chi connectivity index (χ1v) is 5.15. The summed E-state index contributed by atoms with van der Waals surface area (Å²) in [6.07, 6.45) is -1.67. The quantitative estimate of drug-likeness (QED) is 0.709. The largest absolute Gasteiger partial charge is 0.416 e. The molecular formula is C12H11F3O. The number of benzene rings is 1. The van der Waals surface area contributed by atoms with E-state index in [1.165, 1.54) is 12.1 Å². The van der Waals surface area contributed by atoms with E-state index in [1.807, 2.05) is 0 Å². The van der Waals surface area contributed by atoms with Gasteiger partial charge in [0.15, 0.2) is 0 Å². The van der Waals surface area contributed by atoms with Crippen LogP contribution >= 0.6 is 0 Å². The molecule has 86 valence electrons. The molecule has 1 aliphatic rings. The highest BCUT2D eigenvalue weighted by Gasteiger charge is 2.33. The van der Waals surface area contributed by atoms with Crippen LogP contribution in [-0.2, 0) is 11.0 Å². The van der Waals surface area contributed by atoms with Crippen LogP contribution in [0.5, 0.6) is 0 Å². The maximum absolute atomic E-state index is 12.3. The van der Waals surface area contributed by atoms with Crippen LogP contribution < -0.4 is 0 Å². The summed E-state index contributed by atoms with van der Waals surface area (Å²) < 4.78 is 36.9. The van der Waals surface area contributed by atoms with Crippen molar-refractivity contribution in [1.29, 1.82) is 0 Å². The first-order valence-electron chi connectivity index (χ1n) is 5.15. The SMILES string of the molecule is O=CC1CCC1c1ccc(C(F)(F)F)cc1. The molecule has 0 radical (unpaired) electrons. The molecule has 1 saturated carbocycles. The number of halogens is 3. The zero-order chi connectivity index (χ0) is 11.8. The Labute approximate surface area is 91.3 Å². The van der Waals surface area contributed by atoms with E-state index in [0.29, 0.717) is 0 Å². The maximum atomic E-state index is 12.3. The van der Waals surface area contributed by atoms with Crippen molar-refractivity contribution < 1.29 is 18.0 Å². The van der Waals surface area contributed by atoms with Crippen LogP contribution in [0.4, 0.5) is 13.2 Å². The predicted molar refractivity (Wildman–Crippen MR) is 53.0 cm³/mol. The van der Waals surface area contributed by atoms with Crippen molar-refractivity contribution in [2.24, 2.45) is 5.92 Å². The van der Waals surface area contributed by atoms with Gasteiger partial charge in [0.05, 0.1) is 5.56 Å². The molecule has 0 amide bonds. The third-order valence-corrected chi connectivity index (χ3v) is 3.17. The lowest BCUT2D eigenvalue weighted by molar-refractivity contribution is -0.137. The number of carbonyl (C=O) groups is 1. The predicted octanol–water partition coefficient (Wildman–Crippen LogP) is 3.40. The van der Waals surface area contributed by atoms with Crippen molar-refractivity contribution in [2.75, 3.05) is 0 Å². The van der Waals surface area contributed by atoms with Gasteiger partial charge in [0.2, 0.25) is 0 Å². The minimum atomic E-state index is -4.29. The molecule has 0 heterocycles. The monoisotopic (exact) mass is 228 g/mol. The molecule has 1 aliphatic carbocycles. The number of rotatable bonds is 2. The van der Waals surface area contributed by atoms with Gasteiger partial charge in [0, 0.05) is 5.92 Å². The van der Waals surface area contributed by atoms with Crippen molar-refractivity contribution in [3.8, 4) is 0 Å². The van der Waals surface area contributed by atoms with E-state index in [0.717, 1.165) is 36.8 Å². The molecule has 2 atom stereocenters. The Kier molecular flexibility index (Phi) is 2.74. The highest BCUT2D eigenvalue weighted by atomic mass is 19.4. The van der Waals surface area contributed by atoms with Gasteiger partial charge < -0.3 is 4.79 Å². The lowest BCUT2D eigenvalue weighted by Crippen LogP contribution is -2.24. The van der Waals surface area contributed by atoms with Gasteiger partial charge >= 0.3 is 6.18 Å². The standard InChI is InChI=1S/C12H11F3O/c13-12(14,15)10-4-1-8(2-5-10)11-6-3-9(11)7-16/h1-2,4-5,7,9,11H,3,6H2. The second-order valence-corrected chi connectivity index (χ2v) is 4.10. The Bertz CT molecular complexity index is 380. The topological polar surface area (TPSA) is 17.1 Å². The van der Waals surface area contributed by atoms with Gasteiger partial charge in [-0.2, -0.15) is 13.2 Å². The molecule has 1 fully saturated rings. The van der Waals surface area contributed by atoms with Crippen molar-refractivity contribution >= 4 is 6.29 Å². The third kappa shape index (κ3) is 1.96. The fraction of sp³-hybridized carbons (Fsp3) is 0.417. The van der Waals surface area contributed by atoms with E-state index in [-0.39, 0.29) is 11.8 Å². The molecule has 2 unspecified atom stereocenters. The van der Waals surface area contributed by atoms with Gasteiger partial charge in [-0.1, -0.05) is 12.1 Å². The summed E-state index contributed by atoms with van der Waals surface area (Å²) in [5.74, 6) is 0.0940. The molecule has 1 aromatic rings. The van der Waals surface area contributed by atoms with Crippen LogP contribution in [0.3, 0.4) is 0 Å². The van der Waals surface area contributed by atoms with Crippen molar-refractivity contribution in [3.63, 3.8) is 0 Å². The van der Waals surface area contributed by atoms with Gasteiger partial charge in [0.1, 0.15) is 6.29 Å². The Morgan fingerprint density at radius 1 is 1.12 bits per heavy atom. The number of hydrogen-bond donors (Lipinski definition) is 0. The molecule has 0 saturated heterocycles. The normalized spacial score (nSPS) is 24.9. The van der Waals surface area contributed by atoms with Gasteiger partial charge in [-0.3, -0.25) is 0 Å². The summed E-state index contributed by atoms with van der Waals surface area (Å²) >= 11 is 0. The zero-order valence-corrected chi connectivity index (χ0v) is 8.50. The summed E-state index contributed by atoms with van der Waals surface area (Å²) in [4.78, 5) is 10.6. The van der Waals surface area contributed by atoms with Crippen molar-refractivity contribution in [2.45, 2.75) is 24.9 Å². The van der Waals surface area contributed by atoms with Crippen LogP contribution in [0.2, 0.25) is 0 Å². The minimum absolute atomic E-state index is 0.0169. The molecule has 0 N–H and O–H groups in total. The Hall–Kier alpha value is -1.32. The van der Waals surface area contributed by atoms with Crippen LogP contribution in [0.1, 0.15) is 29.9 Å². The molecule has 4 heteroatoms. The zero-order valence-electron chi connectivity index (χ0n) is 8.50. The van der Waals surface area contributed by atoms with Gasteiger partial charge in [0.25, 0.3) is 0 Å². The highest BCUT2D eigenvalue weighted by molar-refractivity contribution is 5.58. The van der Waals surface area contributed by atoms with E-state index in [4.69, 9.17) is 0 Å². The van der Waals surface area contributed by atoms with E-state index in [2.05, 4.69) is 0 Å². The Morgan fingerprint density at radius 3 is 2.12 bits per heavy atom. The van der Waals surface area contributed by atoms with Gasteiger partial charge in [-0.15, -0.1) is 0 Å². The average molecular weight is 228 g/mol. The molecule has 0 bridgehead atoms. The number of carbonyl (C=O) groups excluding carboxylic acids is 1. The fourth-order valence-electron chi connectivity index (χ4n) is 2.02. The second-order valence-electron chi connectivity index (χ2n) is 4.10. The highest BCUT2D eigenvalue weighted by Crippen LogP contribution is 2.41. The Balaban J connectivity index is 2.17. The molecule has 16 heavy (non-hydrogen) atoms. The minimum Gasteiger partial charge on any atom is -0.303 e. The van der Waals surface area contributed by atoms with Crippen LogP contribution in [0, 0.1) is 5.92 Å². The number of hydrogen-bond acceptors (Lipinski definition) is 1. The summed E-state index contributed by atoms with van der Waals surface area (Å²) in [5, 5.41) is 0. The maximum Gasteiger partial charge on any atom is 0.416 e.